The summed E-state index contributed by atoms with van der Waals surface area (Å²) in [7, 11) is 0. The molecule has 0 bridgehead atoms. The lowest BCUT2D eigenvalue weighted by molar-refractivity contribution is -0.142. The average molecular weight is 595 g/mol. The summed E-state index contributed by atoms with van der Waals surface area (Å²) in [6.07, 6.45) is 2.32. The van der Waals surface area contributed by atoms with Gasteiger partial charge in [0, 0.05) is 29.9 Å². The number of aliphatic carboxylic acids is 2. The van der Waals surface area contributed by atoms with E-state index in [0.29, 0.717) is 30.5 Å². The summed E-state index contributed by atoms with van der Waals surface area (Å²) in [5, 5.41) is 27.3. The van der Waals surface area contributed by atoms with E-state index in [9.17, 15) is 29.1 Å². The Morgan fingerprint density at radius 1 is 0.767 bits per heavy atom. The number of H-pyrrole nitrogens is 1. The van der Waals surface area contributed by atoms with Gasteiger partial charge in [-0.1, -0.05) is 48.5 Å². The first-order chi connectivity index (χ1) is 20.6. The van der Waals surface area contributed by atoms with Gasteiger partial charge in [0.25, 0.3) is 0 Å². The highest BCUT2D eigenvalue weighted by molar-refractivity contribution is 5.95. The number of aromatic amines is 1. The number of hydrogen-bond donors (Lipinski definition) is 8. The third kappa shape index (κ3) is 9.94. The number of carboxylic acids is 2. The van der Waals surface area contributed by atoms with Crippen molar-refractivity contribution in [1.82, 2.24) is 20.9 Å². The molecule has 1 heterocycles. The fourth-order valence-electron chi connectivity index (χ4n) is 4.64. The molecule has 4 atom stereocenters. The Kier molecular flexibility index (Phi) is 12.2. The molecule has 0 saturated carbocycles. The van der Waals surface area contributed by atoms with Crippen molar-refractivity contribution in [1.29, 1.82) is 0 Å². The van der Waals surface area contributed by atoms with Gasteiger partial charge in [-0.05, 0) is 43.0 Å². The second kappa shape index (κ2) is 16.0. The number of benzene rings is 2. The fourth-order valence-corrected chi connectivity index (χ4v) is 4.64. The molecule has 13 heteroatoms. The molecule has 0 saturated heterocycles. The Hall–Kier alpha value is -4.75. The van der Waals surface area contributed by atoms with E-state index >= 15 is 0 Å². The van der Waals surface area contributed by atoms with Crippen LogP contribution in [0.5, 0.6) is 0 Å². The number of unbranched alkanes of at least 4 members (excludes halogenated alkanes) is 1. The molecule has 2 aromatic carbocycles. The van der Waals surface area contributed by atoms with Crippen LogP contribution in [0.3, 0.4) is 0 Å². The zero-order chi connectivity index (χ0) is 31.4. The highest BCUT2D eigenvalue weighted by atomic mass is 16.4. The number of nitrogens with two attached hydrogens (primary N) is 2. The number of carboxylic acid groups (broad SMARTS) is 2. The number of rotatable bonds is 17. The zero-order valence-electron chi connectivity index (χ0n) is 23.6. The van der Waals surface area contributed by atoms with E-state index in [1.165, 1.54) is 0 Å². The second-order valence-electron chi connectivity index (χ2n) is 10.3. The Labute approximate surface area is 248 Å². The molecule has 0 aliphatic rings. The average Bonchev–Trinajstić information content (AvgIpc) is 3.38. The monoisotopic (exact) mass is 594 g/mol. The molecule has 3 rings (SSSR count). The molecule has 4 unspecified atom stereocenters. The van der Waals surface area contributed by atoms with Crippen LogP contribution in [0, 0.1) is 0 Å². The summed E-state index contributed by atoms with van der Waals surface area (Å²) in [6, 6.07) is 11.2. The standard InChI is InChI=1S/C30H38N6O7/c31-13-7-6-12-23(30(42)43)34-28(40)24(14-18-8-2-1-3-9-18)36-29(41)25(35-27(39)21(32)16-26(37)38)15-19-17-33-22-11-5-4-10-20(19)22/h1-5,8-11,17,21,23-25,33H,6-7,12-16,31-32H2,(H,34,40)(H,35,39)(H,36,41)(H,37,38)(H,42,43). The topological polar surface area (TPSA) is 230 Å². The zero-order valence-corrected chi connectivity index (χ0v) is 23.6. The minimum atomic E-state index is -1.41. The van der Waals surface area contributed by atoms with Crippen LogP contribution in [-0.4, -0.2) is 75.6 Å². The molecular formula is C30H38N6O7. The van der Waals surface area contributed by atoms with Crippen LogP contribution in [0.2, 0.25) is 0 Å². The van der Waals surface area contributed by atoms with Crippen molar-refractivity contribution in [3.8, 4) is 0 Å². The number of carbonyl (C=O) groups is 5. The molecule has 0 aliphatic heterocycles. The van der Waals surface area contributed by atoms with Gasteiger partial charge in [-0.2, -0.15) is 0 Å². The summed E-state index contributed by atoms with van der Waals surface area (Å²) in [6.45, 7) is 0.382. The van der Waals surface area contributed by atoms with Crippen molar-refractivity contribution in [2.24, 2.45) is 11.5 Å². The smallest absolute Gasteiger partial charge is 0.326 e. The van der Waals surface area contributed by atoms with Gasteiger partial charge >= 0.3 is 11.9 Å². The van der Waals surface area contributed by atoms with Crippen molar-refractivity contribution in [2.75, 3.05) is 6.54 Å². The molecule has 3 amide bonds. The van der Waals surface area contributed by atoms with E-state index in [-0.39, 0.29) is 19.3 Å². The molecule has 1 aromatic heterocycles. The number of carbonyl (C=O) groups excluding carboxylic acids is 3. The van der Waals surface area contributed by atoms with E-state index in [0.717, 1.165) is 10.9 Å². The van der Waals surface area contributed by atoms with Crippen molar-refractivity contribution < 1.29 is 34.2 Å². The maximum atomic E-state index is 13.7. The van der Waals surface area contributed by atoms with Crippen LogP contribution in [0.4, 0.5) is 0 Å². The van der Waals surface area contributed by atoms with Gasteiger partial charge in [-0.15, -0.1) is 0 Å². The van der Waals surface area contributed by atoms with Gasteiger partial charge in [-0.25, -0.2) is 4.79 Å². The minimum absolute atomic E-state index is 0.00209. The number of aromatic nitrogens is 1. The summed E-state index contributed by atoms with van der Waals surface area (Å²) in [5.41, 5.74) is 13.5. The molecule has 10 N–H and O–H groups in total. The van der Waals surface area contributed by atoms with Crippen LogP contribution >= 0.6 is 0 Å². The molecule has 0 spiro atoms. The SMILES string of the molecule is NCCCCC(NC(=O)C(Cc1ccccc1)NC(=O)C(Cc1c[nH]c2ccccc12)NC(=O)C(N)CC(=O)O)C(=O)O. The molecule has 0 radical (unpaired) electrons. The van der Waals surface area contributed by atoms with Crippen molar-refractivity contribution in [2.45, 2.75) is 62.7 Å². The number of hydrogen-bond acceptors (Lipinski definition) is 7. The second-order valence-corrected chi connectivity index (χ2v) is 10.3. The van der Waals surface area contributed by atoms with Crippen LogP contribution in [0.15, 0.2) is 60.8 Å². The number of nitrogens with one attached hydrogen (secondary N) is 4. The number of amides is 3. The molecule has 3 aromatic rings. The molecular weight excluding hydrogens is 556 g/mol. The van der Waals surface area contributed by atoms with Crippen LogP contribution in [0.1, 0.15) is 36.8 Å². The first kappa shape index (κ1) is 32.8. The van der Waals surface area contributed by atoms with Crippen molar-refractivity contribution in [3.05, 3.63) is 71.9 Å². The normalized spacial score (nSPS) is 13.8. The van der Waals surface area contributed by atoms with E-state index in [1.54, 1.807) is 36.5 Å². The Bertz CT molecular complexity index is 1410. The molecule has 43 heavy (non-hydrogen) atoms. The Balaban J connectivity index is 1.87. The molecule has 13 nitrogen and oxygen atoms in total. The van der Waals surface area contributed by atoms with E-state index in [4.69, 9.17) is 16.6 Å². The van der Waals surface area contributed by atoms with Gasteiger partial charge in [0.05, 0.1) is 12.5 Å². The van der Waals surface area contributed by atoms with E-state index in [2.05, 4.69) is 20.9 Å². The third-order valence-corrected chi connectivity index (χ3v) is 6.94. The lowest BCUT2D eigenvalue weighted by Crippen LogP contribution is -2.58. The molecule has 0 aliphatic carbocycles. The van der Waals surface area contributed by atoms with Crippen LogP contribution in [0.25, 0.3) is 10.9 Å². The van der Waals surface area contributed by atoms with Crippen molar-refractivity contribution >= 4 is 40.6 Å². The van der Waals surface area contributed by atoms with Crippen LogP contribution in [-0.2, 0) is 36.8 Å². The largest absolute Gasteiger partial charge is 0.481 e. The highest BCUT2D eigenvalue weighted by Crippen LogP contribution is 2.19. The number of fused-ring (bicyclic) bond motifs is 1. The first-order valence-corrected chi connectivity index (χ1v) is 14.0. The van der Waals surface area contributed by atoms with E-state index in [1.807, 2.05) is 24.3 Å². The van der Waals surface area contributed by atoms with Crippen molar-refractivity contribution in [3.63, 3.8) is 0 Å². The summed E-state index contributed by atoms with van der Waals surface area (Å²) in [4.78, 5) is 66.0. The van der Waals surface area contributed by atoms with Gasteiger partial charge < -0.3 is 42.6 Å². The fraction of sp³-hybridized carbons (Fsp3) is 0.367. The summed E-state index contributed by atoms with van der Waals surface area (Å²) in [5.74, 6) is -4.78. The first-order valence-electron chi connectivity index (χ1n) is 14.0. The quantitative estimate of drug-likeness (QED) is 0.101. The molecule has 230 valence electrons. The summed E-state index contributed by atoms with van der Waals surface area (Å²) < 4.78 is 0. The van der Waals surface area contributed by atoms with Gasteiger partial charge in [0.2, 0.25) is 17.7 Å². The lowest BCUT2D eigenvalue weighted by atomic mass is 10.0. The van der Waals surface area contributed by atoms with Crippen LogP contribution < -0.4 is 27.4 Å². The predicted molar refractivity (Wildman–Crippen MR) is 159 cm³/mol. The summed E-state index contributed by atoms with van der Waals surface area (Å²) >= 11 is 0. The van der Waals surface area contributed by atoms with E-state index < -0.39 is 60.2 Å². The Morgan fingerprint density at radius 3 is 2.02 bits per heavy atom. The maximum Gasteiger partial charge on any atom is 0.326 e. The number of para-hydroxylation sites is 1. The minimum Gasteiger partial charge on any atom is -0.481 e. The third-order valence-electron chi connectivity index (χ3n) is 6.94. The Morgan fingerprint density at radius 2 is 1.37 bits per heavy atom. The maximum absolute atomic E-state index is 13.7. The molecule has 0 fully saturated rings. The van der Waals surface area contributed by atoms with Gasteiger partial charge in [0.15, 0.2) is 0 Å². The van der Waals surface area contributed by atoms with Gasteiger partial charge in [-0.3, -0.25) is 19.2 Å². The van der Waals surface area contributed by atoms with Gasteiger partial charge in [0.1, 0.15) is 18.1 Å². The lowest BCUT2D eigenvalue weighted by Gasteiger charge is -2.25. The highest BCUT2D eigenvalue weighted by Gasteiger charge is 2.31. The predicted octanol–water partition coefficient (Wildman–Crippen LogP) is 0.423.